The highest BCUT2D eigenvalue weighted by Gasteiger charge is 2.11. The molecule has 1 amide bonds. The van der Waals surface area contributed by atoms with E-state index in [1.54, 1.807) is 0 Å². The number of carbonyl (C=O) groups excluding carboxylic acids is 1. The maximum absolute atomic E-state index is 12.1. The summed E-state index contributed by atoms with van der Waals surface area (Å²) in [6, 6.07) is 14.7. The second kappa shape index (κ2) is 7.95. The Morgan fingerprint density at radius 3 is 2.64 bits per heavy atom. The maximum atomic E-state index is 12.1. The number of carbonyl (C=O) groups is 1. The summed E-state index contributed by atoms with van der Waals surface area (Å²) in [4.78, 5) is 14.2. The molecule has 0 spiro atoms. The van der Waals surface area contributed by atoms with Crippen LogP contribution in [0.1, 0.15) is 38.3 Å². The van der Waals surface area contributed by atoms with Crippen molar-refractivity contribution >= 4 is 16.7 Å². The van der Waals surface area contributed by atoms with Gasteiger partial charge in [0, 0.05) is 0 Å². The molecule has 0 bridgehead atoms. The van der Waals surface area contributed by atoms with Gasteiger partial charge in [-0.25, -0.2) is 0 Å². The smallest absolute Gasteiger partial charge is 0.234 e. The first-order valence-electron chi connectivity index (χ1n) is 8.06. The monoisotopic (exact) mass is 298 g/mol. The first-order chi connectivity index (χ1) is 10.6. The minimum absolute atomic E-state index is 0.0247. The van der Waals surface area contributed by atoms with Gasteiger partial charge < -0.3 is 5.32 Å². The summed E-state index contributed by atoms with van der Waals surface area (Å²) in [5.74, 6) is 0.0826. The lowest BCUT2D eigenvalue weighted by Crippen LogP contribution is -2.36. The van der Waals surface area contributed by atoms with Gasteiger partial charge in [0.25, 0.3) is 0 Å². The predicted molar refractivity (Wildman–Crippen MR) is 92.9 cm³/mol. The number of rotatable bonds is 7. The standard InChI is InChI=1S/C19H26N2O/c1-4-5-12-21(3)14-19(22)20-15(2)17-11-10-16-8-6-7-9-18(16)13-17/h6-11,13,15H,4-5,12,14H2,1-3H3,(H,20,22). The Labute approximate surface area is 133 Å². The summed E-state index contributed by atoms with van der Waals surface area (Å²) in [5, 5.41) is 5.52. The van der Waals surface area contributed by atoms with E-state index in [0.717, 1.165) is 24.9 Å². The fourth-order valence-electron chi connectivity index (χ4n) is 2.60. The van der Waals surface area contributed by atoms with E-state index < -0.39 is 0 Å². The van der Waals surface area contributed by atoms with Gasteiger partial charge in [-0.2, -0.15) is 0 Å². The molecule has 1 N–H and O–H groups in total. The van der Waals surface area contributed by atoms with Crippen molar-refractivity contribution in [1.29, 1.82) is 0 Å². The van der Waals surface area contributed by atoms with Crippen molar-refractivity contribution in [3.8, 4) is 0 Å². The highest BCUT2D eigenvalue weighted by molar-refractivity contribution is 5.83. The first kappa shape index (κ1) is 16.5. The minimum atomic E-state index is 0.0247. The van der Waals surface area contributed by atoms with E-state index in [9.17, 15) is 4.79 Å². The van der Waals surface area contributed by atoms with Crippen molar-refractivity contribution in [2.45, 2.75) is 32.7 Å². The van der Waals surface area contributed by atoms with Gasteiger partial charge >= 0.3 is 0 Å². The predicted octanol–water partition coefficient (Wildman–Crippen LogP) is 3.75. The summed E-state index contributed by atoms with van der Waals surface area (Å²) in [7, 11) is 2.00. The number of likely N-dealkylation sites (N-methyl/N-ethyl adjacent to an activating group) is 1. The Balaban J connectivity index is 1.95. The molecule has 118 valence electrons. The Hall–Kier alpha value is -1.87. The van der Waals surface area contributed by atoms with Gasteiger partial charge in [-0.3, -0.25) is 9.69 Å². The maximum Gasteiger partial charge on any atom is 0.234 e. The lowest BCUT2D eigenvalue weighted by Gasteiger charge is -2.19. The third-order valence-corrected chi connectivity index (χ3v) is 3.96. The molecule has 0 heterocycles. The topological polar surface area (TPSA) is 32.3 Å². The van der Waals surface area contributed by atoms with E-state index in [0.29, 0.717) is 6.54 Å². The Bertz CT molecular complexity index is 624. The summed E-state index contributed by atoms with van der Waals surface area (Å²) in [6.07, 6.45) is 2.28. The lowest BCUT2D eigenvalue weighted by molar-refractivity contribution is -0.122. The zero-order chi connectivity index (χ0) is 15.9. The van der Waals surface area contributed by atoms with Gasteiger partial charge in [-0.1, -0.05) is 49.7 Å². The average molecular weight is 298 g/mol. The highest BCUT2D eigenvalue weighted by atomic mass is 16.2. The molecule has 0 aliphatic carbocycles. The van der Waals surface area contributed by atoms with E-state index in [1.165, 1.54) is 10.8 Å². The molecule has 0 saturated heterocycles. The Kier molecular flexibility index (Phi) is 5.96. The molecule has 0 aromatic heterocycles. The normalized spacial score (nSPS) is 12.5. The number of benzene rings is 2. The highest BCUT2D eigenvalue weighted by Crippen LogP contribution is 2.20. The van der Waals surface area contributed by atoms with Crippen molar-refractivity contribution in [3.63, 3.8) is 0 Å². The molecule has 3 nitrogen and oxygen atoms in total. The Morgan fingerprint density at radius 2 is 1.91 bits per heavy atom. The zero-order valence-electron chi connectivity index (χ0n) is 13.8. The molecule has 3 heteroatoms. The van der Waals surface area contributed by atoms with Crippen LogP contribution in [0.4, 0.5) is 0 Å². The van der Waals surface area contributed by atoms with Crippen molar-refractivity contribution < 1.29 is 4.79 Å². The number of unbranched alkanes of at least 4 members (excludes halogenated alkanes) is 1. The number of hydrogen-bond donors (Lipinski definition) is 1. The van der Waals surface area contributed by atoms with Crippen LogP contribution in [-0.2, 0) is 4.79 Å². The molecule has 0 fully saturated rings. The molecule has 0 radical (unpaired) electrons. The molecule has 0 aliphatic heterocycles. The number of fused-ring (bicyclic) bond motifs is 1. The van der Waals surface area contributed by atoms with Gasteiger partial charge in [-0.15, -0.1) is 0 Å². The summed E-state index contributed by atoms with van der Waals surface area (Å²) in [5.41, 5.74) is 1.14. The van der Waals surface area contributed by atoms with Crippen LogP contribution >= 0.6 is 0 Å². The largest absolute Gasteiger partial charge is 0.348 e. The van der Waals surface area contributed by atoms with E-state index in [1.807, 2.05) is 26.1 Å². The van der Waals surface area contributed by atoms with E-state index in [4.69, 9.17) is 0 Å². The van der Waals surface area contributed by atoms with Crippen LogP contribution in [0.25, 0.3) is 10.8 Å². The third kappa shape index (κ3) is 4.57. The SMILES string of the molecule is CCCCN(C)CC(=O)NC(C)c1ccc2ccccc2c1. The number of nitrogens with one attached hydrogen (secondary N) is 1. The van der Waals surface area contributed by atoms with Gasteiger partial charge in [0.1, 0.15) is 0 Å². The molecule has 2 aromatic rings. The van der Waals surface area contributed by atoms with E-state index >= 15 is 0 Å². The van der Waals surface area contributed by atoms with Gasteiger partial charge in [0.2, 0.25) is 5.91 Å². The van der Waals surface area contributed by atoms with Gasteiger partial charge in [0.15, 0.2) is 0 Å². The molecule has 0 aliphatic rings. The minimum Gasteiger partial charge on any atom is -0.348 e. The second-order valence-corrected chi connectivity index (χ2v) is 5.99. The lowest BCUT2D eigenvalue weighted by atomic mass is 10.0. The van der Waals surface area contributed by atoms with Crippen LogP contribution in [0.2, 0.25) is 0 Å². The van der Waals surface area contributed by atoms with Crippen molar-refractivity contribution in [1.82, 2.24) is 10.2 Å². The molecule has 1 unspecified atom stereocenters. The number of hydrogen-bond acceptors (Lipinski definition) is 2. The summed E-state index contributed by atoms with van der Waals surface area (Å²) >= 11 is 0. The first-order valence-corrected chi connectivity index (χ1v) is 8.06. The molecule has 2 aromatic carbocycles. The summed E-state index contributed by atoms with van der Waals surface area (Å²) in [6.45, 7) is 5.62. The van der Waals surface area contributed by atoms with Crippen LogP contribution in [0.3, 0.4) is 0 Å². The average Bonchev–Trinajstić information content (AvgIpc) is 2.52. The summed E-state index contributed by atoms with van der Waals surface area (Å²) < 4.78 is 0. The molecule has 1 atom stereocenters. The van der Waals surface area contributed by atoms with Crippen molar-refractivity contribution in [2.24, 2.45) is 0 Å². The third-order valence-electron chi connectivity index (χ3n) is 3.96. The zero-order valence-corrected chi connectivity index (χ0v) is 13.8. The second-order valence-electron chi connectivity index (χ2n) is 5.99. The Morgan fingerprint density at radius 1 is 1.18 bits per heavy atom. The van der Waals surface area contributed by atoms with Gasteiger partial charge in [0.05, 0.1) is 12.6 Å². The van der Waals surface area contributed by atoms with E-state index in [-0.39, 0.29) is 11.9 Å². The van der Waals surface area contributed by atoms with Crippen LogP contribution in [0.15, 0.2) is 42.5 Å². The molecular formula is C19H26N2O. The number of nitrogens with zero attached hydrogens (tertiary/aromatic N) is 1. The molecular weight excluding hydrogens is 272 g/mol. The van der Waals surface area contributed by atoms with Gasteiger partial charge in [-0.05, 0) is 49.3 Å². The van der Waals surface area contributed by atoms with Crippen LogP contribution < -0.4 is 5.32 Å². The molecule has 0 saturated carbocycles. The molecule has 22 heavy (non-hydrogen) atoms. The van der Waals surface area contributed by atoms with Crippen LogP contribution in [0, 0.1) is 0 Å². The van der Waals surface area contributed by atoms with Crippen molar-refractivity contribution in [2.75, 3.05) is 20.1 Å². The quantitative estimate of drug-likeness (QED) is 0.844. The van der Waals surface area contributed by atoms with E-state index in [2.05, 4.69) is 47.5 Å². The van der Waals surface area contributed by atoms with Crippen LogP contribution in [0.5, 0.6) is 0 Å². The fourth-order valence-corrected chi connectivity index (χ4v) is 2.60. The fraction of sp³-hybridized carbons (Fsp3) is 0.421. The number of amides is 1. The van der Waals surface area contributed by atoms with Crippen LogP contribution in [-0.4, -0.2) is 30.9 Å². The molecule has 2 rings (SSSR count). The van der Waals surface area contributed by atoms with Crippen molar-refractivity contribution in [3.05, 3.63) is 48.0 Å².